The summed E-state index contributed by atoms with van der Waals surface area (Å²) in [6.07, 6.45) is -0.440. The number of alkyl halides is 3. The van der Waals surface area contributed by atoms with Crippen molar-refractivity contribution in [3.05, 3.63) is 0 Å². The van der Waals surface area contributed by atoms with Crippen molar-refractivity contribution in [3.8, 4) is 0 Å². The molecular weight excluding hydrogens is 355 g/mol. The maximum Gasteiger partial charge on any atom is 0.405 e. The summed E-state index contributed by atoms with van der Waals surface area (Å²) < 4.78 is 59.6. The van der Waals surface area contributed by atoms with Gasteiger partial charge in [-0.3, -0.25) is 4.79 Å². The number of carbonyl (C=O) groups is 1. The van der Waals surface area contributed by atoms with Gasteiger partial charge in [-0.1, -0.05) is 32.6 Å². The first kappa shape index (κ1) is 22.4. The van der Waals surface area contributed by atoms with Crippen molar-refractivity contribution in [2.45, 2.75) is 83.2 Å². The molecule has 0 aromatic heterocycles. The molecule has 1 aliphatic rings. The second kappa shape index (κ2) is 9.35. The summed E-state index contributed by atoms with van der Waals surface area (Å²) >= 11 is 0. The Kier molecular flexibility index (Phi) is 8.38. The first-order valence-corrected chi connectivity index (χ1v) is 10.0. The average molecular weight is 385 g/mol. The molecule has 0 aromatic carbocycles. The van der Waals surface area contributed by atoms with Crippen LogP contribution in [-0.4, -0.2) is 33.8 Å². The van der Waals surface area contributed by atoms with Crippen LogP contribution in [0.3, 0.4) is 0 Å². The van der Waals surface area contributed by atoms with Crippen molar-refractivity contribution in [1.29, 1.82) is 0 Å². The van der Waals surface area contributed by atoms with E-state index in [1.54, 1.807) is 27.7 Å². The van der Waals surface area contributed by atoms with Crippen LogP contribution in [0, 0.1) is 11.8 Å². The van der Waals surface area contributed by atoms with Crippen LogP contribution in [0.25, 0.3) is 0 Å². The Morgan fingerprint density at radius 2 is 1.80 bits per heavy atom. The van der Waals surface area contributed by atoms with Crippen LogP contribution in [0.1, 0.15) is 66.2 Å². The summed E-state index contributed by atoms with van der Waals surface area (Å²) in [5, 5.41) is 0. The maximum absolute atomic E-state index is 13.7. The van der Waals surface area contributed by atoms with Crippen LogP contribution in [0.2, 0.25) is 0 Å². The van der Waals surface area contributed by atoms with Gasteiger partial charge in [-0.2, -0.15) is 13.2 Å². The number of hydrogen-bond acceptors (Lipinski definition) is 3. The Balaban J connectivity index is 3.03. The van der Waals surface area contributed by atoms with Gasteiger partial charge in [0, 0.05) is 0 Å². The smallest absolute Gasteiger partial charge is 0.405 e. The molecule has 0 heterocycles. The fourth-order valence-electron chi connectivity index (χ4n) is 2.95. The fourth-order valence-corrected chi connectivity index (χ4v) is 3.83. The van der Waals surface area contributed by atoms with E-state index >= 15 is 0 Å². The first-order chi connectivity index (χ1) is 11.5. The molecule has 0 unspecified atom stereocenters. The number of hydrogen-bond donors (Lipinski definition) is 1. The maximum atomic E-state index is 13.7. The quantitative estimate of drug-likeness (QED) is 0.640. The second-order valence-corrected chi connectivity index (χ2v) is 9.68. The monoisotopic (exact) mass is 385 g/mol. The van der Waals surface area contributed by atoms with E-state index in [2.05, 4.69) is 4.72 Å². The highest BCUT2D eigenvalue weighted by Gasteiger charge is 2.50. The lowest BCUT2D eigenvalue weighted by Gasteiger charge is -2.31. The van der Waals surface area contributed by atoms with Crippen LogP contribution >= 0.6 is 0 Å². The van der Waals surface area contributed by atoms with Gasteiger partial charge in [-0.05, 0) is 39.5 Å². The molecule has 0 amide bonds. The minimum Gasteiger partial charge on any atom is -0.465 e. The van der Waals surface area contributed by atoms with Gasteiger partial charge in [-0.25, -0.2) is 8.93 Å². The van der Waals surface area contributed by atoms with Crippen molar-refractivity contribution < 1.29 is 26.9 Å². The lowest BCUT2D eigenvalue weighted by molar-refractivity contribution is -0.180. The second-order valence-electron chi connectivity index (χ2n) is 7.68. The Bertz CT molecular complexity index is 457. The zero-order valence-electron chi connectivity index (χ0n) is 15.4. The molecule has 0 radical (unpaired) electrons. The van der Waals surface area contributed by atoms with E-state index in [1.807, 2.05) is 0 Å². The highest BCUT2D eigenvalue weighted by atomic mass is 32.2. The van der Waals surface area contributed by atoms with E-state index in [-0.39, 0.29) is 18.9 Å². The van der Waals surface area contributed by atoms with Crippen LogP contribution in [0.4, 0.5) is 13.2 Å². The number of nitrogens with one attached hydrogen (secondary N) is 1. The summed E-state index contributed by atoms with van der Waals surface area (Å²) in [6.45, 7) is 6.64. The van der Waals surface area contributed by atoms with E-state index in [1.165, 1.54) is 0 Å². The predicted molar refractivity (Wildman–Crippen MR) is 92.2 cm³/mol. The van der Waals surface area contributed by atoms with Crippen LogP contribution in [-0.2, 0) is 20.5 Å². The summed E-state index contributed by atoms with van der Waals surface area (Å²) in [4.78, 5) is 12.3. The van der Waals surface area contributed by atoms with Crippen LogP contribution in [0.5, 0.6) is 0 Å². The van der Waals surface area contributed by atoms with Crippen LogP contribution in [0.15, 0.2) is 0 Å². The average Bonchev–Trinajstić information content (AvgIpc) is 2.98. The molecule has 0 aliphatic heterocycles. The standard InChI is InChI=1S/C17H30F3NO3S/c1-5-10-24-15(22)13(11-12-8-6-7-9-12)14(17(18,19)20)21-25(23)16(2,3)4/h12-14,21H,5-11H2,1-4H3/t13-,14-,25-/m1/s1. The summed E-state index contributed by atoms with van der Waals surface area (Å²) in [5.74, 6) is -2.15. The van der Waals surface area contributed by atoms with Crippen molar-refractivity contribution in [1.82, 2.24) is 4.72 Å². The highest BCUT2D eigenvalue weighted by molar-refractivity contribution is 7.84. The largest absolute Gasteiger partial charge is 0.465 e. The number of rotatable bonds is 8. The van der Waals surface area contributed by atoms with E-state index in [0.717, 1.165) is 25.7 Å². The van der Waals surface area contributed by atoms with Gasteiger partial charge < -0.3 is 4.74 Å². The third-order valence-electron chi connectivity index (χ3n) is 4.36. The number of carbonyl (C=O) groups excluding carboxylic acids is 1. The van der Waals surface area contributed by atoms with E-state index in [9.17, 15) is 22.2 Å². The lowest BCUT2D eigenvalue weighted by atomic mass is 9.88. The Hall–Kier alpha value is -0.630. The lowest BCUT2D eigenvalue weighted by Crippen LogP contribution is -2.54. The summed E-state index contributed by atoms with van der Waals surface area (Å²) in [5.41, 5.74) is 0. The predicted octanol–water partition coefficient (Wildman–Crippen LogP) is 4.12. The van der Waals surface area contributed by atoms with Gasteiger partial charge in [-0.15, -0.1) is 0 Å². The number of esters is 1. The zero-order chi connectivity index (χ0) is 19.3. The third-order valence-corrected chi connectivity index (χ3v) is 5.94. The summed E-state index contributed by atoms with van der Waals surface area (Å²) in [6, 6.07) is -2.17. The van der Waals surface area contributed by atoms with E-state index in [0.29, 0.717) is 6.42 Å². The molecule has 0 bridgehead atoms. The van der Waals surface area contributed by atoms with Gasteiger partial charge in [0.25, 0.3) is 0 Å². The molecule has 25 heavy (non-hydrogen) atoms. The molecule has 8 heteroatoms. The van der Waals surface area contributed by atoms with Gasteiger partial charge >= 0.3 is 12.1 Å². The molecule has 3 atom stereocenters. The SMILES string of the molecule is CCCOC(=O)[C@H](CC1CCCC1)[C@@H](N[S@](=O)C(C)(C)C)C(F)(F)F. The molecule has 0 aromatic rings. The molecule has 148 valence electrons. The van der Waals surface area contributed by atoms with Crippen molar-refractivity contribution >= 4 is 17.0 Å². The highest BCUT2D eigenvalue weighted by Crippen LogP contribution is 2.36. The molecule has 1 fully saturated rings. The van der Waals surface area contributed by atoms with E-state index in [4.69, 9.17) is 4.74 Å². The Labute approximate surface area is 150 Å². The minimum absolute atomic E-state index is 0.0777. The van der Waals surface area contributed by atoms with Gasteiger partial charge in [0.05, 0.1) is 28.3 Å². The minimum atomic E-state index is -4.69. The van der Waals surface area contributed by atoms with E-state index < -0.39 is 39.8 Å². The van der Waals surface area contributed by atoms with Crippen molar-refractivity contribution in [2.24, 2.45) is 11.8 Å². The molecule has 1 N–H and O–H groups in total. The molecule has 1 saturated carbocycles. The normalized spacial score (nSPS) is 20.3. The summed E-state index contributed by atoms with van der Waals surface area (Å²) in [7, 11) is -1.94. The van der Waals surface area contributed by atoms with Crippen LogP contribution < -0.4 is 4.72 Å². The van der Waals surface area contributed by atoms with Crippen molar-refractivity contribution in [3.63, 3.8) is 0 Å². The Morgan fingerprint density at radius 3 is 2.24 bits per heavy atom. The van der Waals surface area contributed by atoms with Gasteiger partial charge in [0.15, 0.2) is 0 Å². The molecular formula is C17H30F3NO3S. The van der Waals surface area contributed by atoms with Crippen molar-refractivity contribution in [2.75, 3.05) is 6.61 Å². The molecule has 1 rings (SSSR count). The Morgan fingerprint density at radius 1 is 1.24 bits per heavy atom. The zero-order valence-corrected chi connectivity index (χ0v) is 16.3. The molecule has 0 spiro atoms. The molecule has 4 nitrogen and oxygen atoms in total. The third kappa shape index (κ3) is 7.25. The number of halogens is 3. The van der Waals surface area contributed by atoms with Gasteiger partial charge in [0.1, 0.15) is 6.04 Å². The number of ether oxygens (including phenoxy) is 1. The first-order valence-electron chi connectivity index (χ1n) is 8.88. The van der Waals surface area contributed by atoms with Gasteiger partial charge in [0.2, 0.25) is 0 Å². The topological polar surface area (TPSA) is 55.4 Å². The molecule has 1 aliphatic carbocycles. The fraction of sp³-hybridized carbons (Fsp3) is 0.941. The molecule has 0 saturated heterocycles.